The number of hydrogen-bond acceptors (Lipinski definition) is 1. The summed E-state index contributed by atoms with van der Waals surface area (Å²) in [6.45, 7) is 3.42. The maximum absolute atomic E-state index is 13.9. The minimum absolute atomic E-state index is 0.358. The Bertz CT molecular complexity index is 584. The van der Waals surface area contributed by atoms with E-state index in [0.717, 1.165) is 18.2 Å². The van der Waals surface area contributed by atoms with E-state index in [1.807, 2.05) is 13.0 Å². The van der Waals surface area contributed by atoms with Crippen molar-refractivity contribution < 1.29 is 8.78 Å². The Hall–Kier alpha value is -1.45. The largest absolute Gasteiger partial charge is 0.313 e. The molecule has 100 valence electrons. The lowest BCUT2D eigenvalue weighted by Gasteiger charge is -2.12. The fourth-order valence-electron chi connectivity index (χ4n) is 1.92. The lowest BCUT2D eigenvalue weighted by molar-refractivity contribution is 0.585. The van der Waals surface area contributed by atoms with Gasteiger partial charge in [0.05, 0.1) is 0 Å². The second-order valence-electron chi connectivity index (χ2n) is 4.21. The topological polar surface area (TPSA) is 12.0 Å². The number of hydrogen-bond donors (Lipinski definition) is 1. The molecule has 1 N–H and O–H groups in total. The minimum Gasteiger partial charge on any atom is -0.313 e. The van der Waals surface area contributed by atoms with Crippen molar-refractivity contribution in [3.8, 4) is 11.1 Å². The molecule has 0 heterocycles. The molecule has 0 aliphatic heterocycles. The highest BCUT2D eigenvalue weighted by Crippen LogP contribution is 2.29. The lowest BCUT2D eigenvalue weighted by Crippen LogP contribution is -2.12. The molecule has 0 saturated heterocycles. The Morgan fingerprint density at radius 2 is 1.84 bits per heavy atom. The highest BCUT2D eigenvalue weighted by atomic mass is 35.5. The summed E-state index contributed by atoms with van der Waals surface area (Å²) < 4.78 is 26.8. The van der Waals surface area contributed by atoms with Crippen molar-refractivity contribution in [3.05, 3.63) is 58.6 Å². The van der Waals surface area contributed by atoms with Gasteiger partial charge < -0.3 is 5.32 Å². The van der Waals surface area contributed by atoms with Crippen LogP contribution in [0.5, 0.6) is 0 Å². The zero-order chi connectivity index (χ0) is 13.8. The van der Waals surface area contributed by atoms with Crippen molar-refractivity contribution in [3.63, 3.8) is 0 Å². The van der Waals surface area contributed by atoms with Crippen LogP contribution in [0.25, 0.3) is 11.1 Å². The van der Waals surface area contributed by atoms with Gasteiger partial charge >= 0.3 is 0 Å². The minimum atomic E-state index is -0.587. The maximum Gasteiger partial charge on any atom is 0.133 e. The SMILES string of the molecule is CCNCc1ccc(Cl)cc1-c1ccc(F)cc1F. The molecule has 0 bridgehead atoms. The van der Waals surface area contributed by atoms with Gasteiger partial charge in [-0.05, 0) is 41.9 Å². The van der Waals surface area contributed by atoms with Crippen LogP contribution in [0.2, 0.25) is 5.02 Å². The Labute approximate surface area is 116 Å². The van der Waals surface area contributed by atoms with Crippen LogP contribution in [0.4, 0.5) is 8.78 Å². The van der Waals surface area contributed by atoms with Crippen LogP contribution in [0.3, 0.4) is 0 Å². The van der Waals surface area contributed by atoms with Gasteiger partial charge in [0.15, 0.2) is 0 Å². The summed E-state index contributed by atoms with van der Waals surface area (Å²) >= 11 is 5.97. The first kappa shape index (κ1) is 14.0. The van der Waals surface area contributed by atoms with Crippen molar-refractivity contribution in [2.24, 2.45) is 0 Å². The Morgan fingerprint density at radius 1 is 1.05 bits per heavy atom. The predicted octanol–water partition coefficient (Wildman–Crippen LogP) is 4.39. The molecule has 0 saturated carbocycles. The maximum atomic E-state index is 13.9. The van der Waals surface area contributed by atoms with Crippen LogP contribution in [0.1, 0.15) is 12.5 Å². The van der Waals surface area contributed by atoms with Crippen molar-refractivity contribution in [2.45, 2.75) is 13.5 Å². The van der Waals surface area contributed by atoms with E-state index in [-0.39, 0.29) is 0 Å². The van der Waals surface area contributed by atoms with Crippen molar-refractivity contribution in [2.75, 3.05) is 6.54 Å². The molecule has 0 spiro atoms. The Morgan fingerprint density at radius 3 is 2.53 bits per heavy atom. The number of rotatable bonds is 4. The molecule has 0 amide bonds. The smallest absolute Gasteiger partial charge is 0.133 e. The molecule has 0 radical (unpaired) electrons. The second kappa shape index (κ2) is 6.13. The highest BCUT2D eigenvalue weighted by molar-refractivity contribution is 6.30. The van der Waals surface area contributed by atoms with Gasteiger partial charge in [0.2, 0.25) is 0 Å². The van der Waals surface area contributed by atoms with E-state index in [0.29, 0.717) is 22.7 Å². The number of halogens is 3. The van der Waals surface area contributed by atoms with Gasteiger partial charge in [-0.25, -0.2) is 8.78 Å². The zero-order valence-electron chi connectivity index (χ0n) is 10.5. The summed E-state index contributed by atoms with van der Waals surface area (Å²) in [6, 6.07) is 8.88. The molecule has 0 aliphatic rings. The van der Waals surface area contributed by atoms with Crippen LogP contribution in [-0.4, -0.2) is 6.54 Å². The quantitative estimate of drug-likeness (QED) is 0.876. The molecule has 0 fully saturated rings. The fraction of sp³-hybridized carbons (Fsp3) is 0.200. The summed E-state index contributed by atoms with van der Waals surface area (Å²) in [5.41, 5.74) is 1.97. The van der Waals surface area contributed by atoms with E-state index in [1.54, 1.807) is 12.1 Å². The lowest BCUT2D eigenvalue weighted by atomic mass is 9.99. The average Bonchev–Trinajstić information content (AvgIpc) is 2.37. The second-order valence-corrected chi connectivity index (χ2v) is 4.64. The van der Waals surface area contributed by atoms with E-state index < -0.39 is 11.6 Å². The molecule has 0 aromatic heterocycles. The van der Waals surface area contributed by atoms with E-state index in [9.17, 15) is 8.78 Å². The van der Waals surface area contributed by atoms with Crippen LogP contribution in [-0.2, 0) is 6.54 Å². The number of nitrogens with one attached hydrogen (secondary N) is 1. The number of benzene rings is 2. The highest BCUT2D eigenvalue weighted by Gasteiger charge is 2.11. The van der Waals surface area contributed by atoms with Crippen molar-refractivity contribution >= 4 is 11.6 Å². The van der Waals surface area contributed by atoms with Gasteiger partial charge in [-0.2, -0.15) is 0 Å². The van der Waals surface area contributed by atoms with Crippen molar-refractivity contribution in [1.82, 2.24) is 5.32 Å². The molecule has 4 heteroatoms. The molecule has 2 aromatic rings. The van der Waals surface area contributed by atoms with Gasteiger partial charge in [-0.1, -0.05) is 24.6 Å². The normalized spacial score (nSPS) is 10.7. The van der Waals surface area contributed by atoms with Gasteiger partial charge in [0.25, 0.3) is 0 Å². The fourth-order valence-corrected chi connectivity index (χ4v) is 2.09. The summed E-state index contributed by atoms with van der Waals surface area (Å²) in [6.07, 6.45) is 0. The van der Waals surface area contributed by atoms with Crippen molar-refractivity contribution in [1.29, 1.82) is 0 Å². The predicted molar refractivity (Wildman–Crippen MR) is 74.2 cm³/mol. The molecule has 2 aromatic carbocycles. The first-order valence-corrected chi connectivity index (χ1v) is 6.44. The molecular formula is C15H14ClF2N. The van der Waals surface area contributed by atoms with E-state index >= 15 is 0 Å². The first-order valence-electron chi connectivity index (χ1n) is 6.06. The summed E-state index contributed by atoms with van der Waals surface area (Å²) in [7, 11) is 0. The van der Waals surface area contributed by atoms with Crippen LogP contribution in [0, 0.1) is 11.6 Å². The van der Waals surface area contributed by atoms with Gasteiger partial charge in [0, 0.05) is 23.2 Å². The summed E-state index contributed by atoms with van der Waals surface area (Å²) in [5.74, 6) is -1.17. The third-order valence-corrected chi connectivity index (χ3v) is 3.09. The third kappa shape index (κ3) is 3.31. The molecule has 19 heavy (non-hydrogen) atoms. The molecule has 0 atom stereocenters. The van der Waals surface area contributed by atoms with E-state index in [1.165, 1.54) is 12.1 Å². The molecule has 0 unspecified atom stereocenters. The van der Waals surface area contributed by atoms with Gasteiger partial charge in [0.1, 0.15) is 11.6 Å². The van der Waals surface area contributed by atoms with E-state index in [4.69, 9.17) is 11.6 Å². The molecule has 2 rings (SSSR count). The van der Waals surface area contributed by atoms with E-state index in [2.05, 4.69) is 5.32 Å². The monoisotopic (exact) mass is 281 g/mol. The molecular weight excluding hydrogens is 268 g/mol. The first-order chi connectivity index (χ1) is 9.11. The van der Waals surface area contributed by atoms with Crippen LogP contribution in [0.15, 0.2) is 36.4 Å². The van der Waals surface area contributed by atoms with Gasteiger partial charge in [-0.3, -0.25) is 0 Å². The van der Waals surface area contributed by atoms with Crippen LogP contribution < -0.4 is 5.32 Å². The summed E-state index contributed by atoms with van der Waals surface area (Å²) in [4.78, 5) is 0. The molecule has 1 nitrogen and oxygen atoms in total. The average molecular weight is 282 g/mol. The standard InChI is InChI=1S/C15H14ClF2N/c1-2-19-9-10-3-4-11(16)7-14(10)13-6-5-12(17)8-15(13)18/h3-8,19H,2,9H2,1H3. The summed E-state index contributed by atoms with van der Waals surface area (Å²) in [5, 5.41) is 3.71. The zero-order valence-corrected chi connectivity index (χ0v) is 11.3. The third-order valence-electron chi connectivity index (χ3n) is 2.86. The van der Waals surface area contributed by atoms with Gasteiger partial charge in [-0.15, -0.1) is 0 Å². The van der Waals surface area contributed by atoms with Crippen LogP contribution >= 0.6 is 11.6 Å². The Balaban J connectivity index is 2.49. The molecule has 0 aliphatic carbocycles. The Kier molecular flexibility index (Phi) is 4.51.